The summed E-state index contributed by atoms with van der Waals surface area (Å²) in [5, 5.41) is 0. The van der Waals surface area contributed by atoms with E-state index in [1.54, 1.807) is 12.4 Å². The van der Waals surface area contributed by atoms with Crippen LogP contribution in [0.15, 0.2) is 36.7 Å². The normalized spacial score (nSPS) is 15.4. The summed E-state index contributed by atoms with van der Waals surface area (Å²) >= 11 is 0. The zero-order valence-corrected chi connectivity index (χ0v) is 11.7. The van der Waals surface area contributed by atoms with E-state index < -0.39 is 0 Å². The highest BCUT2D eigenvalue weighted by atomic mass is 15.3. The number of anilines is 3. The van der Waals surface area contributed by atoms with Gasteiger partial charge in [-0.05, 0) is 30.7 Å². The van der Waals surface area contributed by atoms with Gasteiger partial charge in [-0.1, -0.05) is 6.07 Å². The lowest BCUT2D eigenvalue weighted by Gasteiger charge is -2.36. The zero-order chi connectivity index (χ0) is 13.9. The topological polar surface area (TPSA) is 58.3 Å². The van der Waals surface area contributed by atoms with Crippen molar-refractivity contribution in [3.63, 3.8) is 0 Å². The van der Waals surface area contributed by atoms with Crippen molar-refractivity contribution in [2.45, 2.75) is 6.92 Å². The van der Waals surface area contributed by atoms with Crippen molar-refractivity contribution in [3.8, 4) is 0 Å². The Morgan fingerprint density at radius 3 is 2.30 bits per heavy atom. The molecule has 0 bridgehead atoms. The van der Waals surface area contributed by atoms with E-state index in [-0.39, 0.29) is 0 Å². The molecule has 2 heterocycles. The minimum Gasteiger partial charge on any atom is -0.398 e. The number of hydrogen-bond donors (Lipinski definition) is 1. The van der Waals surface area contributed by atoms with E-state index >= 15 is 0 Å². The Morgan fingerprint density at radius 2 is 1.65 bits per heavy atom. The van der Waals surface area contributed by atoms with Gasteiger partial charge in [0.15, 0.2) is 0 Å². The van der Waals surface area contributed by atoms with Crippen LogP contribution >= 0.6 is 0 Å². The second kappa shape index (κ2) is 5.36. The van der Waals surface area contributed by atoms with Crippen molar-refractivity contribution in [1.29, 1.82) is 0 Å². The van der Waals surface area contributed by atoms with Gasteiger partial charge in [-0.15, -0.1) is 0 Å². The third-order valence-electron chi connectivity index (χ3n) is 3.74. The molecule has 0 unspecified atom stereocenters. The van der Waals surface area contributed by atoms with E-state index in [0.29, 0.717) is 0 Å². The lowest BCUT2D eigenvalue weighted by atomic mass is 10.1. The third-order valence-corrected chi connectivity index (χ3v) is 3.74. The molecule has 0 atom stereocenters. The summed E-state index contributed by atoms with van der Waals surface area (Å²) < 4.78 is 0. The number of aryl methyl sites for hydroxylation is 1. The quantitative estimate of drug-likeness (QED) is 0.841. The molecule has 2 aromatic rings. The van der Waals surface area contributed by atoms with Crippen molar-refractivity contribution in [1.82, 2.24) is 9.97 Å². The van der Waals surface area contributed by atoms with Crippen molar-refractivity contribution in [2.75, 3.05) is 41.7 Å². The molecule has 3 rings (SSSR count). The smallest absolute Gasteiger partial charge is 0.225 e. The molecule has 0 amide bonds. The van der Waals surface area contributed by atoms with Crippen LogP contribution in [0.25, 0.3) is 0 Å². The summed E-state index contributed by atoms with van der Waals surface area (Å²) in [4.78, 5) is 13.2. The van der Waals surface area contributed by atoms with E-state index in [9.17, 15) is 0 Å². The Bertz CT molecular complexity index is 576. The molecule has 0 radical (unpaired) electrons. The Balaban J connectivity index is 1.68. The summed E-state index contributed by atoms with van der Waals surface area (Å²) in [6.07, 6.45) is 3.57. The van der Waals surface area contributed by atoms with Crippen molar-refractivity contribution in [3.05, 3.63) is 42.2 Å². The van der Waals surface area contributed by atoms with Crippen LogP contribution in [0.4, 0.5) is 17.3 Å². The van der Waals surface area contributed by atoms with Crippen molar-refractivity contribution in [2.24, 2.45) is 0 Å². The van der Waals surface area contributed by atoms with E-state index in [0.717, 1.165) is 43.4 Å². The fourth-order valence-electron chi connectivity index (χ4n) is 2.44. The lowest BCUT2D eigenvalue weighted by Crippen LogP contribution is -2.47. The molecule has 5 nitrogen and oxygen atoms in total. The van der Waals surface area contributed by atoms with Gasteiger partial charge in [-0.3, -0.25) is 0 Å². The van der Waals surface area contributed by atoms with Crippen LogP contribution < -0.4 is 15.5 Å². The molecular weight excluding hydrogens is 250 g/mol. The Kier molecular flexibility index (Phi) is 3.41. The zero-order valence-electron chi connectivity index (χ0n) is 11.7. The van der Waals surface area contributed by atoms with Crippen LogP contribution in [-0.4, -0.2) is 36.1 Å². The summed E-state index contributed by atoms with van der Waals surface area (Å²) in [6.45, 7) is 5.81. The van der Waals surface area contributed by atoms with Gasteiger partial charge in [0, 0.05) is 49.9 Å². The molecule has 1 fully saturated rings. The van der Waals surface area contributed by atoms with Gasteiger partial charge in [0.05, 0.1) is 0 Å². The fourth-order valence-corrected chi connectivity index (χ4v) is 2.44. The summed E-state index contributed by atoms with van der Waals surface area (Å²) in [6, 6.07) is 8.12. The molecule has 0 spiro atoms. The van der Waals surface area contributed by atoms with Crippen LogP contribution in [0.5, 0.6) is 0 Å². The first-order valence-electron chi connectivity index (χ1n) is 6.87. The number of benzene rings is 1. The van der Waals surface area contributed by atoms with Gasteiger partial charge in [0.1, 0.15) is 0 Å². The van der Waals surface area contributed by atoms with Crippen LogP contribution in [-0.2, 0) is 0 Å². The maximum absolute atomic E-state index is 5.99. The second-order valence-corrected chi connectivity index (χ2v) is 5.06. The van der Waals surface area contributed by atoms with Gasteiger partial charge < -0.3 is 15.5 Å². The molecule has 0 saturated carbocycles. The number of nitrogen functional groups attached to an aromatic ring is 1. The molecular formula is C15H19N5. The lowest BCUT2D eigenvalue weighted by molar-refractivity contribution is 0.640. The monoisotopic (exact) mass is 269 g/mol. The molecule has 2 N–H and O–H groups in total. The van der Waals surface area contributed by atoms with Gasteiger partial charge >= 0.3 is 0 Å². The molecule has 20 heavy (non-hydrogen) atoms. The second-order valence-electron chi connectivity index (χ2n) is 5.06. The maximum Gasteiger partial charge on any atom is 0.225 e. The van der Waals surface area contributed by atoms with E-state index in [1.807, 2.05) is 13.0 Å². The molecule has 1 aliphatic heterocycles. The molecule has 1 aromatic carbocycles. The summed E-state index contributed by atoms with van der Waals surface area (Å²) in [5.74, 6) is 0.815. The number of nitrogens with zero attached hydrogens (tertiary/aromatic N) is 4. The van der Waals surface area contributed by atoms with Gasteiger partial charge in [-0.25, -0.2) is 9.97 Å². The number of hydrogen-bond acceptors (Lipinski definition) is 5. The first-order valence-corrected chi connectivity index (χ1v) is 6.87. The van der Waals surface area contributed by atoms with Crippen LogP contribution in [0, 0.1) is 6.92 Å². The highest BCUT2D eigenvalue weighted by Crippen LogP contribution is 2.22. The average molecular weight is 269 g/mol. The van der Waals surface area contributed by atoms with Gasteiger partial charge in [-0.2, -0.15) is 0 Å². The van der Waals surface area contributed by atoms with Crippen LogP contribution in [0.2, 0.25) is 0 Å². The van der Waals surface area contributed by atoms with Gasteiger partial charge in [0.2, 0.25) is 5.95 Å². The Hall–Kier alpha value is -2.30. The van der Waals surface area contributed by atoms with Gasteiger partial charge in [0.25, 0.3) is 0 Å². The standard InChI is InChI=1S/C15H19N5/c1-12-3-4-13(11-14(12)16)19-7-9-20(10-8-19)15-17-5-2-6-18-15/h2-6,11H,7-10,16H2,1H3. The number of rotatable bonds is 2. The van der Waals surface area contributed by atoms with E-state index in [4.69, 9.17) is 5.73 Å². The van der Waals surface area contributed by atoms with Crippen molar-refractivity contribution < 1.29 is 0 Å². The molecule has 1 aromatic heterocycles. The minimum absolute atomic E-state index is 0.815. The maximum atomic E-state index is 5.99. The number of nitrogens with two attached hydrogens (primary N) is 1. The van der Waals surface area contributed by atoms with Crippen LogP contribution in [0.3, 0.4) is 0 Å². The Morgan fingerprint density at radius 1 is 1.00 bits per heavy atom. The minimum atomic E-state index is 0.815. The SMILES string of the molecule is Cc1ccc(N2CCN(c3ncccn3)CC2)cc1N. The summed E-state index contributed by atoms with van der Waals surface area (Å²) in [5.41, 5.74) is 9.17. The molecule has 1 saturated heterocycles. The number of aromatic nitrogens is 2. The average Bonchev–Trinajstić information content (AvgIpc) is 2.51. The first-order chi connectivity index (χ1) is 9.74. The molecule has 1 aliphatic rings. The highest BCUT2D eigenvalue weighted by molar-refractivity contribution is 5.60. The number of piperazine rings is 1. The third kappa shape index (κ3) is 2.52. The summed E-state index contributed by atoms with van der Waals surface area (Å²) in [7, 11) is 0. The Labute approximate surface area is 119 Å². The fraction of sp³-hybridized carbons (Fsp3) is 0.333. The van der Waals surface area contributed by atoms with Crippen molar-refractivity contribution >= 4 is 17.3 Å². The van der Waals surface area contributed by atoms with Crippen LogP contribution in [0.1, 0.15) is 5.56 Å². The first kappa shape index (κ1) is 12.7. The predicted molar refractivity (Wildman–Crippen MR) is 82.0 cm³/mol. The molecule has 5 heteroatoms. The highest BCUT2D eigenvalue weighted by Gasteiger charge is 2.19. The van der Waals surface area contributed by atoms with E-state index in [1.165, 1.54) is 5.69 Å². The van der Waals surface area contributed by atoms with E-state index in [2.05, 4.69) is 38.0 Å². The largest absolute Gasteiger partial charge is 0.398 e. The predicted octanol–water partition coefficient (Wildman–Crippen LogP) is 1.69. The molecule has 0 aliphatic carbocycles. The molecule has 104 valence electrons.